The fourth-order valence-electron chi connectivity index (χ4n) is 5.69. The maximum atomic E-state index is 13.1. The summed E-state index contributed by atoms with van der Waals surface area (Å²) in [6, 6.07) is 4.49. The van der Waals surface area contributed by atoms with Gasteiger partial charge >= 0.3 is 5.97 Å². The van der Waals surface area contributed by atoms with Crippen molar-refractivity contribution >= 4 is 17.6 Å². The highest BCUT2D eigenvalue weighted by Crippen LogP contribution is 2.31. The number of hydrogen-bond acceptors (Lipinski definition) is 8. The van der Waals surface area contributed by atoms with Crippen LogP contribution in [0.3, 0.4) is 0 Å². The smallest absolute Gasteiger partial charge is 0.338 e. The number of carbonyl (C=O) groups excluding carboxylic acids is 2. The molecule has 2 fully saturated rings. The second-order valence-corrected chi connectivity index (χ2v) is 9.77. The fourth-order valence-corrected chi connectivity index (χ4v) is 5.69. The Kier molecular flexibility index (Phi) is 5.69. The van der Waals surface area contributed by atoms with E-state index >= 15 is 0 Å². The first-order valence-corrected chi connectivity index (χ1v) is 12.2. The van der Waals surface area contributed by atoms with Gasteiger partial charge in [-0.1, -0.05) is 18.2 Å². The fraction of sp³-hybridized carbons (Fsp3) is 0.480. The van der Waals surface area contributed by atoms with Gasteiger partial charge in [-0.05, 0) is 53.0 Å². The molecule has 4 heterocycles. The number of fused-ring (bicyclic) bond motifs is 2. The molecule has 3 unspecified atom stereocenters. The van der Waals surface area contributed by atoms with Crippen LogP contribution in [0.15, 0.2) is 36.7 Å². The number of ether oxygens (including phenoxy) is 1. The number of benzene rings is 1. The van der Waals surface area contributed by atoms with Gasteiger partial charge < -0.3 is 15.0 Å². The standard InChI is InChI=1S/C25H29N7O3/c1-16-20(6-7-21-22(16)14-35-25(21)34)23-13-30-8-9-31(12-19(30)11-26-23)24(33)10-17-2-4-18(5-3-17)32-15-27-28-29-32/h2,4-7,15,17,19,23,26H,3,8-14H2,1H3. The summed E-state index contributed by atoms with van der Waals surface area (Å²) in [5, 5.41) is 15.0. The molecule has 6 rings (SSSR count). The van der Waals surface area contributed by atoms with Crippen molar-refractivity contribution in [3.8, 4) is 0 Å². The summed E-state index contributed by atoms with van der Waals surface area (Å²) < 4.78 is 6.85. The summed E-state index contributed by atoms with van der Waals surface area (Å²) in [6.07, 6.45) is 9.07. The van der Waals surface area contributed by atoms with E-state index in [4.69, 9.17) is 4.74 Å². The van der Waals surface area contributed by atoms with Gasteiger partial charge in [0.1, 0.15) is 12.9 Å². The number of esters is 1. The van der Waals surface area contributed by atoms with Crippen LogP contribution >= 0.6 is 0 Å². The monoisotopic (exact) mass is 475 g/mol. The zero-order chi connectivity index (χ0) is 23.9. The Bertz CT molecular complexity index is 1210. The Morgan fingerprint density at radius 2 is 2.17 bits per heavy atom. The van der Waals surface area contributed by atoms with Crippen LogP contribution < -0.4 is 5.32 Å². The Morgan fingerprint density at radius 3 is 2.97 bits per heavy atom. The highest BCUT2D eigenvalue weighted by Gasteiger charge is 2.36. The predicted molar refractivity (Wildman–Crippen MR) is 127 cm³/mol. The third kappa shape index (κ3) is 4.17. The molecule has 1 N–H and O–H groups in total. The van der Waals surface area contributed by atoms with E-state index < -0.39 is 0 Å². The first kappa shape index (κ1) is 22.1. The minimum absolute atomic E-state index is 0.202. The Hall–Kier alpha value is -3.37. The molecule has 0 saturated carbocycles. The number of nitrogens with zero attached hydrogens (tertiary/aromatic N) is 6. The number of piperazine rings is 2. The third-order valence-corrected chi connectivity index (χ3v) is 7.78. The number of rotatable bonds is 4. The van der Waals surface area contributed by atoms with Gasteiger partial charge in [0.25, 0.3) is 0 Å². The molecule has 0 radical (unpaired) electrons. The lowest BCUT2D eigenvalue weighted by Crippen LogP contribution is -2.62. The summed E-state index contributed by atoms with van der Waals surface area (Å²) in [4.78, 5) is 29.5. The van der Waals surface area contributed by atoms with Crippen LogP contribution in [-0.2, 0) is 16.1 Å². The lowest BCUT2D eigenvalue weighted by Gasteiger charge is -2.47. The Morgan fingerprint density at radius 1 is 1.26 bits per heavy atom. The van der Waals surface area contributed by atoms with Gasteiger partial charge in [0.05, 0.1) is 11.3 Å². The molecule has 35 heavy (non-hydrogen) atoms. The lowest BCUT2D eigenvalue weighted by atomic mass is 9.91. The highest BCUT2D eigenvalue weighted by atomic mass is 16.5. The number of hydrogen-bond donors (Lipinski definition) is 1. The molecule has 0 spiro atoms. The molecule has 1 amide bonds. The van der Waals surface area contributed by atoms with Crippen molar-refractivity contribution in [3.63, 3.8) is 0 Å². The van der Waals surface area contributed by atoms with Crippen molar-refractivity contribution in [1.29, 1.82) is 0 Å². The first-order valence-electron chi connectivity index (χ1n) is 12.2. The van der Waals surface area contributed by atoms with Gasteiger partial charge in [0.2, 0.25) is 5.91 Å². The molecule has 0 bridgehead atoms. The molecular formula is C25H29N7O3. The molecule has 182 valence electrons. The van der Waals surface area contributed by atoms with Crippen molar-refractivity contribution in [2.45, 2.75) is 38.5 Å². The second-order valence-electron chi connectivity index (χ2n) is 9.77. The van der Waals surface area contributed by atoms with Gasteiger partial charge in [-0.3, -0.25) is 9.69 Å². The van der Waals surface area contributed by atoms with Gasteiger partial charge in [-0.2, -0.15) is 0 Å². The van der Waals surface area contributed by atoms with Gasteiger partial charge in [-0.15, -0.1) is 5.10 Å². The van der Waals surface area contributed by atoms with E-state index in [1.807, 2.05) is 17.0 Å². The van der Waals surface area contributed by atoms with Crippen molar-refractivity contribution < 1.29 is 14.3 Å². The summed E-state index contributed by atoms with van der Waals surface area (Å²) in [5.41, 5.74) is 5.03. The summed E-state index contributed by atoms with van der Waals surface area (Å²) >= 11 is 0. The summed E-state index contributed by atoms with van der Waals surface area (Å²) in [7, 11) is 0. The average molecular weight is 476 g/mol. The summed E-state index contributed by atoms with van der Waals surface area (Å²) in [6.45, 7) is 6.58. The zero-order valence-corrected chi connectivity index (χ0v) is 19.8. The molecule has 1 aromatic carbocycles. The number of carbonyl (C=O) groups is 2. The van der Waals surface area contributed by atoms with E-state index in [-0.39, 0.29) is 23.8 Å². The van der Waals surface area contributed by atoms with Crippen LogP contribution in [0.1, 0.15) is 45.9 Å². The Labute approximate surface area is 203 Å². The maximum Gasteiger partial charge on any atom is 0.338 e. The predicted octanol–water partition coefficient (Wildman–Crippen LogP) is 1.32. The largest absolute Gasteiger partial charge is 0.457 e. The van der Waals surface area contributed by atoms with Crippen LogP contribution in [0.5, 0.6) is 0 Å². The van der Waals surface area contributed by atoms with E-state index in [9.17, 15) is 9.59 Å². The number of tetrazole rings is 1. The Balaban J connectivity index is 1.04. The molecule has 3 atom stereocenters. The topological polar surface area (TPSA) is 105 Å². The minimum atomic E-state index is -0.222. The third-order valence-electron chi connectivity index (χ3n) is 7.78. The van der Waals surface area contributed by atoms with Crippen molar-refractivity contribution in [2.75, 3.05) is 32.7 Å². The minimum Gasteiger partial charge on any atom is -0.457 e. The zero-order valence-electron chi connectivity index (χ0n) is 19.8. The van der Waals surface area contributed by atoms with Crippen LogP contribution in [0, 0.1) is 12.8 Å². The average Bonchev–Trinajstić information content (AvgIpc) is 3.55. The molecule has 4 aliphatic rings. The molecular weight excluding hydrogens is 446 g/mol. The molecule has 10 nitrogen and oxygen atoms in total. The highest BCUT2D eigenvalue weighted by molar-refractivity contribution is 5.94. The first-order chi connectivity index (χ1) is 17.1. The number of nitrogens with one attached hydrogen (secondary N) is 1. The lowest BCUT2D eigenvalue weighted by molar-refractivity contribution is -0.135. The number of aromatic nitrogens is 4. The maximum absolute atomic E-state index is 13.1. The SMILES string of the molecule is Cc1c(C2CN3CCN(C(=O)CC4C=CC(n5cnnn5)=CC4)CC3CN2)ccc2c1COC2=O. The van der Waals surface area contributed by atoms with Crippen molar-refractivity contribution in [1.82, 2.24) is 35.3 Å². The normalized spacial score (nSPS) is 26.2. The quantitative estimate of drug-likeness (QED) is 0.660. The molecule has 3 aliphatic heterocycles. The molecule has 2 saturated heterocycles. The molecule has 10 heteroatoms. The van der Waals surface area contributed by atoms with E-state index in [0.29, 0.717) is 24.6 Å². The molecule has 2 aromatic rings. The second kappa shape index (κ2) is 9.01. The van der Waals surface area contributed by atoms with E-state index in [1.165, 1.54) is 5.56 Å². The van der Waals surface area contributed by atoms with Gasteiger partial charge in [-0.25, -0.2) is 9.48 Å². The number of amides is 1. The molecule has 1 aliphatic carbocycles. The number of cyclic esters (lactones) is 1. The van der Waals surface area contributed by atoms with Crippen molar-refractivity contribution in [2.24, 2.45) is 5.92 Å². The number of allylic oxidation sites excluding steroid dienone is 4. The van der Waals surface area contributed by atoms with E-state index in [2.05, 4.69) is 50.9 Å². The van der Waals surface area contributed by atoms with Crippen LogP contribution in [0.25, 0.3) is 5.70 Å². The van der Waals surface area contributed by atoms with Crippen molar-refractivity contribution in [3.05, 3.63) is 58.9 Å². The van der Waals surface area contributed by atoms with Gasteiger partial charge in [0.15, 0.2) is 0 Å². The van der Waals surface area contributed by atoms with E-state index in [1.54, 1.807) is 11.0 Å². The van der Waals surface area contributed by atoms with E-state index in [0.717, 1.165) is 56.0 Å². The van der Waals surface area contributed by atoms with Crippen LogP contribution in [-0.4, -0.2) is 80.6 Å². The van der Waals surface area contributed by atoms with Crippen LogP contribution in [0.2, 0.25) is 0 Å². The summed E-state index contributed by atoms with van der Waals surface area (Å²) in [5.74, 6) is 0.202. The van der Waals surface area contributed by atoms with Crippen LogP contribution in [0.4, 0.5) is 0 Å². The van der Waals surface area contributed by atoms with Gasteiger partial charge in [0, 0.05) is 56.8 Å². The molecule has 1 aromatic heterocycles.